The summed E-state index contributed by atoms with van der Waals surface area (Å²) in [6, 6.07) is 9.23. The molecule has 0 aliphatic carbocycles. The van der Waals surface area contributed by atoms with E-state index in [4.69, 9.17) is 0 Å². The number of aromatic amines is 1. The predicted octanol–water partition coefficient (Wildman–Crippen LogP) is 5.05. The number of hydrogen-bond donors (Lipinski definition) is 1. The first-order valence-corrected chi connectivity index (χ1v) is 11.6. The first-order chi connectivity index (χ1) is 12.9. The van der Waals surface area contributed by atoms with E-state index < -0.39 is 10.0 Å². The third kappa shape index (κ3) is 3.07. The van der Waals surface area contributed by atoms with Gasteiger partial charge in [0.25, 0.3) is 10.0 Å². The van der Waals surface area contributed by atoms with Gasteiger partial charge in [-0.1, -0.05) is 19.1 Å². The van der Waals surface area contributed by atoms with Crippen LogP contribution in [0.5, 0.6) is 0 Å². The van der Waals surface area contributed by atoms with Crippen LogP contribution in [-0.2, 0) is 16.4 Å². The van der Waals surface area contributed by atoms with Crippen LogP contribution in [-0.4, -0.2) is 25.4 Å². The molecule has 27 heavy (non-hydrogen) atoms. The molecular weight excluding hydrogens is 398 g/mol. The van der Waals surface area contributed by atoms with E-state index in [1.807, 2.05) is 25.3 Å². The molecule has 5 nitrogen and oxygen atoms in total. The minimum absolute atomic E-state index is 0.331. The van der Waals surface area contributed by atoms with Gasteiger partial charge in [-0.3, -0.25) is 4.31 Å². The molecule has 0 saturated heterocycles. The van der Waals surface area contributed by atoms with Crippen LogP contribution >= 0.6 is 22.7 Å². The van der Waals surface area contributed by atoms with Crippen LogP contribution in [0.3, 0.4) is 0 Å². The summed E-state index contributed by atoms with van der Waals surface area (Å²) in [4.78, 5) is 9.13. The normalized spacial score (nSPS) is 12.0. The lowest BCUT2D eigenvalue weighted by atomic mass is 10.1. The summed E-state index contributed by atoms with van der Waals surface area (Å²) in [6.07, 6.45) is 2.84. The number of benzene rings is 1. The Balaban J connectivity index is 1.85. The van der Waals surface area contributed by atoms with Crippen LogP contribution in [0.2, 0.25) is 0 Å². The van der Waals surface area contributed by atoms with Gasteiger partial charge in [0.1, 0.15) is 9.22 Å². The van der Waals surface area contributed by atoms with Gasteiger partial charge in [-0.2, -0.15) is 0 Å². The van der Waals surface area contributed by atoms with E-state index >= 15 is 0 Å². The van der Waals surface area contributed by atoms with Gasteiger partial charge in [-0.15, -0.1) is 22.7 Å². The first kappa shape index (κ1) is 18.2. The lowest BCUT2D eigenvalue weighted by molar-refractivity contribution is 0.596. The molecule has 0 amide bonds. The Morgan fingerprint density at radius 1 is 1.26 bits per heavy atom. The molecule has 0 atom stereocenters. The molecule has 0 saturated carbocycles. The van der Waals surface area contributed by atoms with Crippen molar-refractivity contribution in [3.63, 3.8) is 0 Å². The van der Waals surface area contributed by atoms with Crippen LogP contribution in [0, 0.1) is 6.92 Å². The summed E-state index contributed by atoms with van der Waals surface area (Å²) in [5, 5.41) is 3.69. The average molecular weight is 418 g/mol. The van der Waals surface area contributed by atoms with E-state index in [2.05, 4.69) is 23.0 Å². The minimum Gasteiger partial charge on any atom is -0.351 e. The maximum Gasteiger partial charge on any atom is 0.273 e. The molecule has 1 N–H and O–H groups in total. The molecule has 0 unspecified atom stereocenters. The van der Waals surface area contributed by atoms with E-state index in [0.717, 1.165) is 33.6 Å². The monoisotopic (exact) mass is 417 g/mol. The standard InChI is InChI=1S/C19H19N3O2S3/c1-4-13-11-20-19(26-13)15-10-14-12(2)7-8-16(18(14)21-15)22(3)27(23,24)17-6-5-9-25-17/h5-11,21H,4H2,1-3H3. The molecular formula is C19H19N3O2S3. The van der Waals surface area contributed by atoms with Gasteiger partial charge in [-0.25, -0.2) is 13.4 Å². The number of rotatable bonds is 5. The number of aryl methyl sites for hydroxylation is 2. The number of hydrogen-bond acceptors (Lipinski definition) is 5. The third-order valence-electron chi connectivity index (χ3n) is 4.57. The first-order valence-electron chi connectivity index (χ1n) is 8.51. The molecule has 140 valence electrons. The van der Waals surface area contributed by atoms with E-state index in [0.29, 0.717) is 9.90 Å². The molecule has 3 aromatic heterocycles. The fraction of sp³-hybridized carbons (Fsp3) is 0.211. The van der Waals surface area contributed by atoms with Crippen molar-refractivity contribution in [2.75, 3.05) is 11.4 Å². The molecule has 0 spiro atoms. The summed E-state index contributed by atoms with van der Waals surface area (Å²) in [7, 11) is -1.99. The summed E-state index contributed by atoms with van der Waals surface area (Å²) in [6.45, 7) is 4.13. The van der Waals surface area contributed by atoms with Gasteiger partial charge in [-0.05, 0) is 42.5 Å². The summed E-state index contributed by atoms with van der Waals surface area (Å²) in [5.74, 6) is 0. The quantitative estimate of drug-likeness (QED) is 0.494. The molecule has 4 rings (SSSR count). The topological polar surface area (TPSA) is 66.1 Å². The molecule has 0 aliphatic heterocycles. The van der Waals surface area contributed by atoms with Crippen LogP contribution in [0.4, 0.5) is 5.69 Å². The van der Waals surface area contributed by atoms with E-state index in [1.165, 1.54) is 20.5 Å². The lowest BCUT2D eigenvalue weighted by Gasteiger charge is -2.19. The fourth-order valence-corrected chi connectivity index (χ4v) is 6.18. The number of sulfonamides is 1. The van der Waals surface area contributed by atoms with Gasteiger partial charge in [0.05, 0.1) is 16.9 Å². The van der Waals surface area contributed by atoms with Crippen molar-refractivity contribution in [2.45, 2.75) is 24.5 Å². The van der Waals surface area contributed by atoms with Crippen molar-refractivity contribution in [1.82, 2.24) is 9.97 Å². The second-order valence-electron chi connectivity index (χ2n) is 6.26. The highest BCUT2D eigenvalue weighted by atomic mass is 32.2. The SMILES string of the molecule is CCc1cnc(-c2cc3c(C)ccc(N(C)S(=O)(=O)c4cccs4)c3[nH]2)s1. The second-order valence-corrected chi connectivity index (χ2v) is 10.5. The Kier molecular flexibility index (Phi) is 4.57. The molecule has 0 fully saturated rings. The highest BCUT2D eigenvalue weighted by molar-refractivity contribution is 7.94. The zero-order valence-corrected chi connectivity index (χ0v) is 17.6. The average Bonchev–Trinajstić information content (AvgIpc) is 3.40. The largest absolute Gasteiger partial charge is 0.351 e. The Bertz CT molecular complexity index is 1200. The summed E-state index contributed by atoms with van der Waals surface area (Å²) >= 11 is 2.87. The van der Waals surface area contributed by atoms with Crippen molar-refractivity contribution in [3.05, 3.63) is 52.3 Å². The zero-order chi connectivity index (χ0) is 19.2. The smallest absolute Gasteiger partial charge is 0.273 e. The Labute approximate surface area is 166 Å². The van der Waals surface area contributed by atoms with Crippen LogP contribution in [0.15, 0.2) is 46.1 Å². The van der Waals surface area contributed by atoms with Crippen molar-refractivity contribution in [3.8, 4) is 10.7 Å². The number of thiazole rings is 1. The van der Waals surface area contributed by atoms with Crippen molar-refractivity contribution in [2.24, 2.45) is 0 Å². The molecule has 8 heteroatoms. The lowest BCUT2D eigenvalue weighted by Crippen LogP contribution is -2.26. The van der Waals surface area contributed by atoms with Gasteiger partial charge in [0.15, 0.2) is 0 Å². The highest BCUT2D eigenvalue weighted by Gasteiger charge is 2.25. The minimum atomic E-state index is -3.59. The molecule has 3 heterocycles. The highest BCUT2D eigenvalue weighted by Crippen LogP contribution is 2.36. The van der Waals surface area contributed by atoms with E-state index in [-0.39, 0.29) is 0 Å². The van der Waals surface area contributed by atoms with Gasteiger partial charge >= 0.3 is 0 Å². The van der Waals surface area contributed by atoms with Crippen molar-refractivity contribution < 1.29 is 8.42 Å². The second kappa shape index (κ2) is 6.78. The molecule has 0 radical (unpaired) electrons. The van der Waals surface area contributed by atoms with E-state index in [9.17, 15) is 8.42 Å². The van der Waals surface area contributed by atoms with E-state index in [1.54, 1.807) is 35.9 Å². The number of fused-ring (bicyclic) bond motifs is 1. The summed E-state index contributed by atoms with van der Waals surface area (Å²) < 4.78 is 27.6. The molecule has 0 aliphatic rings. The molecule has 1 aromatic carbocycles. The third-order valence-corrected chi connectivity index (χ3v) is 8.89. The number of H-pyrrole nitrogens is 1. The number of anilines is 1. The van der Waals surface area contributed by atoms with Crippen molar-refractivity contribution >= 4 is 49.3 Å². The van der Waals surface area contributed by atoms with Crippen molar-refractivity contribution in [1.29, 1.82) is 0 Å². The molecule has 4 aromatic rings. The van der Waals surface area contributed by atoms with Gasteiger partial charge in [0, 0.05) is 23.5 Å². The van der Waals surface area contributed by atoms with Gasteiger partial charge < -0.3 is 4.98 Å². The summed E-state index contributed by atoms with van der Waals surface area (Å²) in [5.41, 5.74) is 3.43. The number of nitrogens with zero attached hydrogens (tertiary/aromatic N) is 2. The Morgan fingerprint density at radius 3 is 2.74 bits per heavy atom. The molecule has 0 bridgehead atoms. The maximum absolute atomic E-state index is 13.0. The van der Waals surface area contributed by atoms with Gasteiger partial charge in [0.2, 0.25) is 0 Å². The van der Waals surface area contributed by atoms with Crippen LogP contribution in [0.1, 0.15) is 17.4 Å². The number of aromatic nitrogens is 2. The Morgan fingerprint density at radius 2 is 2.07 bits per heavy atom. The number of nitrogens with one attached hydrogen (secondary N) is 1. The van der Waals surface area contributed by atoms with Crippen LogP contribution < -0.4 is 4.31 Å². The van der Waals surface area contributed by atoms with Crippen LogP contribution in [0.25, 0.3) is 21.6 Å². The predicted molar refractivity (Wildman–Crippen MR) is 113 cm³/mol. The zero-order valence-electron chi connectivity index (χ0n) is 15.2. The maximum atomic E-state index is 13.0. The number of thiophene rings is 1. The Hall–Kier alpha value is -2.16. The fourth-order valence-electron chi connectivity index (χ4n) is 2.99.